The fourth-order valence-electron chi connectivity index (χ4n) is 3.30. The molecule has 1 unspecified atom stereocenters. The van der Waals surface area contributed by atoms with Crippen molar-refractivity contribution in [2.24, 2.45) is 0 Å². The van der Waals surface area contributed by atoms with E-state index in [2.05, 4.69) is 5.32 Å². The maximum absolute atomic E-state index is 13.1. The second kappa shape index (κ2) is 10.4. The van der Waals surface area contributed by atoms with Crippen molar-refractivity contribution < 1.29 is 23.7 Å². The number of carbonyl (C=O) groups excluding carboxylic acids is 1. The molecule has 1 amide bonds. The minimum atomic E-state index is -0.236. The Balaban J connectivity index is 1.86. The van der Waals surface area contributed by atoms with Gasteiger partial charge in [-0.05, 0) is 60.0 Å². The molecule has 0 aliphatic rings. The molecule has 0 saturated heterocycles. The number of ether oxygens (including phenoxy) is 4. The van der Waals surface area contributed by atoms with Gasteiger partial charge in [0.15, 0.2) is 11.5 Å². The van der Waals surface area contributed by atoms with Crippen LogP contribution in [0.5, 0.6) is 23.0 Å². The molecule has 0 spiro atoms. The molecule has 0 aliphatic carbocycles. The monoisotopic (exact) mass is 421 g/mol. The molecular formula is C25H27NO5. The summed E-state index contributed by atoms with van der Waals surface area (Å²) in [5.74, 6) is 2.43. The van der Waals surface area contributed by atoms with E-state index >= 15 is 0 Å². The first-order chi connectivity index (χ1) is 15.1. The quantitative estimate of drug-likeness (QED) is 0.554. The highest BCUT2D eigenvalue weighted by atomic mass is 16.5. The van der Waals surface area contributed by atoms with Crippen LogP contribution in [0.2, 0.25) is 0 Å². The van der Waals surface area contributed by atoms with Crippen LogP contribution in [0.3, 0.4) is 0 Å². The van der Waals surface area contributed by atoms with Gasteiger partial charge in [-0.15, -0.1) is 0 Å². The molecule has 0 radical (unpaired) electrons. The van der Waals surface area contributed by atoms with E-state index in [0.717, 1.165) is 22.6 Å². The number of rotatable bonds is 9. The Bertz CT molecular complexity index is 999. The van der Waals surface area contributed by atoms with E-state index in [4.69, 9.17) is 18.9 Å². The van der Waals surface area contributed by atoms with Gasteiger partial charge in [0.2, 0.25) is 0 Å². The van der Waals surface area contributed by atoms with Crippen LogP contribution >= 0.6 is 0 Å². The van der Waals surface area contributed by atoms with Crippen LogP contribution in [0.1, 0.15) is 27.5 Å². The lowest BCUT2D eigenvalue weighted by Gasteiger charge is -2.20. The summed E-state index contributed by atoms with van der Waals surface area (Å²) >= 11 is 0. The van der Waals surface area contributed by atoms with E-state index in [-0.39, 0.29) is 11.9 Å². The summed E-state index contributed by atoms with van der Waals surface area (Å²) in [6.45, 7) is 0. The van der Waals surface area contributed by atoms with Gasteiger partial charge in [-0.2, -0.15) is 0 Å². The van der Waals surface area contributed by atoms with Crippen LogP contribution < -0.4 is 24.3 Å². The molecule has 6 nitrogen and oxygen atoms in total. The Kier molecular flexibility index (Phi) is 7.38. The summed E-state index contributed by atoms with van der Waals surface area (Å²) in [4.78, 5) is 13.1. The Labute approximate surface area is 182 Å². The van der Waals surface area contributed by atoms with E-state index in [0.29, 0.717) is 23.5 Å². The number of methoxy groups -OCH3 is 4. The van der Waals surface area contributed by atoms with Crippen molar-refractivity contribution in [1.29, 1.82) is 0 Å². The molecule has 0 fully saturated rings. The van der Waals surface area contributed by atoms with Gasteiger partial charge in [0.05, 0.1) is 34.5 Å². The number of hydrogen-bond acceptors (Lipinski definition) is 5. The van der Waals surface area contributed by atoms with Crippen molar-refractivity contribution >= 4 is 5.91 Å². The molecule has 0 saturated carbocycles. The lowest BCUT2D eigenvalue weighted by atomic mass is 9.98. The fourth-order valence-corrected chi connectivity index (χ4v) is 3.30. The predicted molar refractivity (Wildman–Crippen MR) is 119 cm³/mol. The van der Waals surface area contributed by atoms with Crippen molar-refractivity contribution in [3.05, 3.63) is 83.4 Å². The lowest BCUT2D eigenvalue weighted by molar-refractivity contribution is 0.0936. The summed E-state index contributed by atoms with van der Waals surface area (Å²) in [5.41, 5.74) is 2.55. The third-order valence-electron chi connectivity index (χ3n) is 5.07. The zero-order chi connectivity index (χ0) is 22.2. The molecular weight excluding hydrogens is 394 g/mol. The van der Waals surface area contributed by atoms with E-state index in [1.807, 2.05) is 48.5 Å². The maximum Gasteiger partial charge on any atom is 0.251 e. The number of hydrogen-bond donors (Lipinski definition) is 1. The van der Waals surface area contributed by atoms with E-state index in [9.17, 15) is 4.79 Å². The highest BCUT2D eigenvalue weighted by Gasteiger charge is 2.18. The number of benzene rings is 3. The molecule has 3 aromatic carbocycles. The summed E-state index contributed by atoms with van der Waals surface area (Å²) in [7, 11) is 6.37. The Morgan fingerprint density at radius 3 is 1.87 bits per heavy atom. The SMILES string of the molecule is COc1ccc(CC(NC(=O)c2ccc(OC)c(OC)c2)c2ccc(OC)cc2)cc1. The van der Waals surface area contributed by atoms with Gasteiger partial charge >= 0.3 is 0 Å². The Morgan fingerprint density at radius 1 is 0.742 bits per heavy atom. The van der Waals surface area contributed by atoms with E-state index in [1.54, 1.807) is 46.6 Å². The van der Waals surface area contributed by atoms with Gasteiger partial charge in [-0.1, -0.05) is 24.3 Å². The first-order valence-electron chi connectivity index (χ1n) is 9.87. The largest absolute Gasteiger partial charge is 0.497 e. The van der Waals surface area contributed by atoms with Gasteiger partial charge in [0.25, 0.3) is 5.91 Å². The highest BCUT2D eigenvalue weighted by molar-refractivity contribution is 5.95. The number of nitrogens with one attached hydrogen (secondary N) is 1. The number of amides is 1. The first-order valence-corrected chi connectivity index (χ1v) is 9.87. The van der Waals surface area contributed by atoms with E-state index in [1.165, 1.54) is 0 Å². The Hall–Kier alpha value is -3.67. The van der Waals surface area contributed by atoms with Gasteiger partial charge < -0.3 is 24.3 Å². The third kappa shape index (κ3) is 5.48. The minimum absolute atomic E-state index is 0.199. The second-order valence-electron chi connectivity index (χ2n) is 6.92. The Morgan fingerprint density at radius 2 is 1.32 bits per heavy atom. The van der Waals surface area contributed by atoms with Crippen LogP contribution in [0.15, 0.2) is 66.7 Å². The van der Waals surface area contributed by atoms with Gasteiger partial charge in [-0.25, -0.2) is 0 Å². The van der Waals surface area contributed by atoms with E-state index < -0.39 is 0 Å². The molecule has 3 aromatic rings. The average Bonchev–Trinajstić information content (AvgIpc) is 2.83. The average molecular weight is 421 g/mol. The molecule has 0 bridgehead atoms. The predicted octanol–water partition coefficient (Wildman–Crippen LogP) is 4.43. The zero-order valence-corrected chi connectivity index (χ0v) is 18.2. The van der Waals surface area contributed by atoms with Crippen LogP contribution in [-0.2, 0) is 6.42 Å². The summed E-state index contributed by atoms with van der Waals surface area (Å²) in [6.07, 6.45) is 0.620. The first kappa shape index (κ1) is 22.0. The molecule has 1 N–H and O–H groups in total. The molecule has 6 heteroatoms. The molecule has 162 valence electrons. The van der Waals surface area contributed by atoms with Crippen LogP contribution in [0, 0.1) is 0 Å². The van der Waals surface area contributed by atoms with Crippen molar-refractivity contribution in [3.63, 3.8) is 0 Å². The van der Waals surface area contributed by atoms with Gasteiger partial charge in [0, 0.05) is 5.56 Å². The summed E-state index contributed by atoms with van der Waals surface area (Å²) in [6, 6.07) is 20.4. The highest BCUT2D eigenvalue weighted by Crippen LogP contribution is 2.28. The molecule has 0 heterocycles. The summed E-state index contributed by atoms with van der Waals surface area (Å²) < 4.78 is 21.1. The fraction of sp³-hybridized carbons (Fsp3) is 0.240. The summed E-state index contributed by atoms with van der Waals surface area (Å²) in [5, 5.41) is 3.15. The maximum atomic E-state index is 13.1. The number of carbonyl (C=O) groups is 1. The molecule has 31 heavy (non-hydrogen) atoms. The molecule has 1 atom stereocenters. The standard InChI is InChI=1S/C25H27NO5/c1-28-20-10-5-17(6-11-20)15-22(18-7-12-21(29-2)13-8-18)26-25(27)19-9-14-23(30-3)24(16-19)31-4/h5-14,16,22H,15H2,1-4H3,(H,26,27). The van der Waals surface area contributed by atoms with Crippen LogP contribution in [-0.4, -0.2) is 34.3 Å². The smallest absolute Gasteiger partial charge is 0.251 e. The van der Waals surface area contributed by atoms with Crippen molar-refractivity contribution in [1.82, 2.24) is 5.32 Å². The minimum Gasteiger partial charge on any atom is -0.497 e. The third-order valence-corrected chi connectivity index (χ3v) is 5.07. The topological polar surface area (TPSA) is 66.0 Å². The molecule has 3 rings (SSSR count). The van der Waals surface area contributed by atoms with Crippen LogP contribution in [0.4, 0.5) is 0 Å². The second-order valence-corrected chi connectivity index (χ2v) is 6.92. The molecule has 0 aromatic heterocycles. The van der Waals surface area contributed by atoms with Crippen molar-refractivity contribution in [2.75, 3.05) is 28.4 Å². The normalized spacial score (nSPS) is 11.4. The lowest BCUT2D eigenvalue weighted by Crippen LogP contribution is -2.30. The van der Waals surface area contributed by atoms with Crippen molar-refractivity contribution in [3.8, 4) is 23.0 Å². The van der Waals surface area contributed by atoms with Gasteiger partial charge in [-0.3, -0.25) is 4.79 Å². The van der Waals surface area contributed by atoms with Gasteiger partial charge in [0.1, 0.15) is 11.5 Å². The van der Waals surface area contributed by atoms with Crippen LogP contribution in [0.25, 0.3) is 0 Å². The zero-order valence-electron chi connectivity index (χ0n) is 18.2. The molecule has 0 aliphatic heterocycles. The van der Waals surface area contributed by atoms with Crippen molar-refractivity contribution in [2.45, 2.75) is 12.5 Å².